The van der Waals surface area contributed by atoms with Crippen LogP contribution in [0, 0.1) is 11.8 Å². The van der Waals surface area contributed by atoms with E-state index in [-0.39, 0.29) is 6.61 Å². The quantitative estimate of drug-likeness (QED) is 0.267. The highest BCUT2D eigenvalue weighted by molar-refractivity contribution is 5.59. The normalized spacial score (nSPS) is 10.0. The summed E-state index contributed by atoms with van der Waals surface area (Å²) in [6, 6.07) is 0. The molecule has 0 aliphatic heterocycles. The molecule has 0 aromatic rings. The molecule has 0 aliphatic rings. The minimum Gasteiger partial charge on any atom is -0.435 e. The molecule has 0 amide bonds. The number of hydrogen-bond acceptors (Lipinski definition) is 3. The van der Waals surface area contributed by atoms with Crippen LogP contribution in [0.5, 0.6) is 0 Å². The Bertz CT molecular complexity index is 297. The fourth-order valence-electron chi connectivity index (χ4n) is 1.41. The van der Waals surface area contributed by atoms with Crippen molar-refractivity contribution in [1.29, 1.82) is 0 Å². The summed E-state index contributed by atoms with van der Waals surface area (Å²) in [5.41, 5.74) is 0. The third-order valence-electron chi connectivity index (χ3n) is 2.43. The minimum absolute atomic E-state index is 0.279. The number of allylic oxidation sites excluding steroid dienone is 1. The van der Waals surface area contributed by atoms with Crippen LogP contribution in [0.15, 0.2) is 12.2 Å². The summed E-state index contributed by atoms with van der Waals surface area (Å²) in [6.07, 6.45) is 11.0. The second-order valence-electron chi connectivity index (χ2n) is 4.17. The van der Waals surface area contributed by atoms with E-state index in [1.54, 1.807) is 6.92 Å². The van der Waals surface area contributed by atoms with E-state index >= 15 is 0 Å². The van der Waals surface area contributed by atoms with Gasteiger partial charge in [-0.15, -0.1) is 11.8 Å². The molecular formula is C16H26O3. The number of hydrogen-bond donors (Lipinski definition) is 0. The third kappa shape index (κ3) is 14.5. The average molecular weight is 266 g/mol. The van der Waals surface area contributed by atoms with Crippen molar-refractivity contribution < 1.29 is 14.3 Å². The molecule has 0 atom stereocenters. The Hall–Kier alpha value is -1.43. The first-order valence-electron chi connectivity index (χ1n) is 7.21. The Morgan fingerprint density at radius 1 is 1.00 bits per heavy atom. The van der Waals surface area contributed by atoms with Crippen LogP contribution in [0.4, 0.5) is 4.79 Å². The van der Waals surface area contributed by atoms with E-state index in [9.17, 15) is 4.79 Å². The molecule has 0 aliphatic carbocycles. The smallest absolute Gasteiger partial charge is 0.435 e. The molecular weight excluding hydrogens is 240 g/mol. The molecule has 0 bridgehead atoms. The third-order valence-corrected chi connectivity index (χ3v) is 2.43. The lowest BCUT2D eigenvalue weighted by molar-refractivity contribution is 0.0673. The maximum atomic E-state index is 10.8. The Kier molecular flexibility index (Phi) is 13.5. The monoisotopic (exact) mass is 266 g/mol. The molecule has 3 nitrogen and oxygen atoms in total. The van der Waals surface area contributed by atoms with E-state index in [1.165, 1.54) is 19.3 Å². The van der Waals surface area contributed by atoms with E-state index in [0.717, 1.165) is 25.7 Å². The van der Waals surface area contributed by atoms with Crippen molar-refractivity contribution >= 4 is 6.16 Å². The number of rotatable bonds is 9. The van der Waals surface area contributed by atoms with Crippen molar-refractivity contribution in [2.75, 3.05) is 13.2 Å². The topological polar surface area (TPSA) is 35.5 Å². The lowest BCUT2D eigenvalue weighted by Crippen LogP contribution is -2.06. The molecule has 0 fully saturated rings. The van der Waals surface area contributed by atoms with Gasteiger partial charge in [0.1, 0.15) is 6.61 Å². The molecule has 0 radical (unpaired) electrons. The predicted octanol–water partition coefficient (Wildman–Crippen LogP) is 4.47. The van der Waals surface area contributed by atoms with Crippen LogP contribution in [0.3, 0.4) is 0 Å². The van der Waals surface area contributed by atoms with Gasteiger partial charge in [-0.3, -0.25) is 0 Å². The number of carbonyl (C=O) groups excluding carboxylic acids is 1. The van der Waals surface area contributed by atoms with Gasteiger partial charge in [0.05, 0.1) is 6.61 Å². The van der Waals surface area contributed by atoms with Gasteiger partial charge in [0.2, 0.25) is 0 Å². The minimum atomic E-state index is -0.606. The van der Waals surface area contributed by atoms with Gasteiger partial charge in [0.15, 0.2) is 0 Å². The highest BCUT2D eigenvalue weighted by Gasteiger charge is 1.97. The summed E-state index contributed by atoms with van der Waals surface area (Å²) in [7, 11) is 0. The summed E-state index contributed by atoms with van der Waals surface area (Å²) in [4.78, 5) is 10.8. The zero-order valence-electron chi connectivity index (χ0n) is 12.2. The first-order chi connectivity index (χ1) is 9.31. The average Bonchev–Trinajstić information content (AvgIpc) is 2.40. The molecule has 0 unspecified atom stereocenters. The Balaban J connectivity index is 3.31. The first-order valence-corrected chi connectivity index (χ1v) is 7.21. The van der Waals surface area contributed by atoms with Crippen LogP contribution in [0.1, 0.15) is 58.8 Å². The van der Waals surface area contributed by atoms with Crippen LogP contribution >= 0.6 is 0 Å². The highest BCUT2D eigenvalue weighted by atomic mass is 16.7. The maximum absolute atomic E-state index is 10.8. The Labute approximate surface area is 117 Å². The summed E-state index contributed by atoms with van der Waals surface area (Å²) in [5.74, 6) is 6.37. The summed E-state index contributed by atoms with van der Waals surface area (Å²) in [5, 5.41) is 0. The Morgan fingerprint density at radius 3 is 2.42 bits per heavy atom. The molecule has 19 heavy (non-hydrogen) atoms. The summed E-state index contributed by atoms with van der Waals surface area (Å²) < 4.78 is 9.42. The van der Waals surface area contributed by atoms with Crippen molar-refractivity contribution in [2.24, 2.45) is 0 Å². The van der Waals surface area contributed by atoms with E-state index in [4.69, 9.17) is 4.74 Å². The predicted molar refractivity (Wildman–Crippen MR) is 77.9 cm³/mol. The summed E-state index contributed by atoms with van der Waals surface area (Å²) in [6.45, 7) is 4.58. The van der Waals surface area contributed by atoms with Gasteiger partial charge in [-0.1, -0.05) is 31.9 Å². The van der Waals surface area contributed by atoms with Gasteiger partial charge in [-0.25, -0.2) is 4.79 Å². The largest absolute Gasteiger partial charge is 0.508 e. The second kappa shape index (κ2) is 14.6. The van der Waals surface area contributed by atoms with Gasteiger partial charge >= 0.3 is 6.16 Å². The van der Waals surface area contributed by atoms with Crippen molar-refractivity contribution in [2.45, 2.75) is 58.8 Å². The van der Waals surface area contributed by atoms with E-state index in [0.29, 0.717) is 6.61 Å². The molecule has 0 aromatic carbocycles. The van der Waals surface area contributed by atoms with Crippen LogP contribution < -0.4 is 0 Å². The molecule has 0 saturated heterocycles. The zero-order valence-corrected chi connectivity index (χ0v) is 12.2. The first kappa shape index (κ1) is 17.6. The van der Waals surface area contributed by atoms with Crippen molar-refractivity contribution in [3.05, 3.63) is 12.2 Å². The van der Waals surface area contributed by atoms with Gasteiger partial charge in [-0.05, 0) is 26.2 Å². The van der Waals surface area contributed by atoms with Crippen LogP contribution in [0.25, 0.3) is 0 Å². The van der Waals surface area contributed by atoms with Gasteiger partial charge in [0.25, 0.3) is 0 Å². The molecule has 0 heterocycles. The van der Waals surface area contributed by atoms with Crippen molar-refractivity contribution in [3.63, 3.8) is 0 Å². The lowest BCUT2D eigenvalue weighted by Gasteiger charge is -2.00. The fraction of sp³-hybridized carbons (Fsp3) is 0.688. The van der Waals surface area contributed by atoms with E-state index in [2.05, 4.69) is 23.5 Å². The lowest BCUT2D eigenvalue weighted by atomic mass is 10.2. The standard InChI is InChI=1S/C16H26O3/c1-3-5-6-7-8-9-10-11-12-13-14-15-19-16(17)18-4-2/h13-14H,3-7,10-12,15H2,1-2H3. The van der Waals surface area contributed by atoms with Gasteiger partial charge < -0.3 is 9.47 Å². The van der Waals surface area contributed by atoms with E-state index in [1.807, 2.05) is 12.2 Å². The second-order valence-corrected chi connectivity index (χ2v) is 4.17. The number of ether oxygens (including phenoxy) is 2. The number of unbranched alkanes of at least 4 members (excludes halogenated alkanes) is 5. The molecule has 0 rings (SSSR count). The molecule has 0 aromatic heterocycles. The zero-order chi connectivity index (χ0) is 14.2. The molecule has 3 heteroatoms. The van der Waals surface area contributed by atoms with Crippen molar-refractivity contribution in [1.82, 2.24) is 0 Å². The summed E-state index contributed by atoms with van der Waals surface area (Å²) >= 11 is 0. The molecule has 0 spiro atoms. The van der Waals surface area contributed by atoms with Gasteiger partial charge in [0, 0.05) is 12.8 Å². The number of carbonyl (C=O) groups is 1. The molecule has 108 valence electrons. The maximum Gasteiger partial charge on any atom is 0.508 e. The van der Waals surface area contributed by atoms with Gasteiger partial charge in [-0.2, -0.15) is 0 Å². The van der Waals surface area contributed by atoms with Crippen LogP contribution in [-0.4, -0.2) is 19.4 Å². The fourth-order valence-corrected chi connectivity index (χ4v) is 1.41. The van der Waals surface area contributed by atoms with Crippen LogP contribution in [0.2, 0.25) is 0 Å². The Morgan fingerprint density at radius 2 is 1.74 bits per heavy atom. The van der Waals surface area contributed by atoms with E-state index < -0.39 is 6.16 Å². The SMILES string of the molecule is CCCCCC#CCCCC=CCOC(=O)OCC. The molecule has 0 saturated carbocycles. The van der Waals surface area contributed by atoms with Crippen LogP contribution in [-0.2, 0) is 9.47 Å². The highest BCUT2D eigenvalue weighted by Crippen LogP contribution is 1.99. The molecule has 0 N–H and O–H groups in total. The van der Waals surface area contributed by atoms with Crippen molar-refractivity contribution in [3.8, 4) is 11.8 Å².